The van der Waals surface area contributed by atoms with Gasteiger partial charge in [0.25, 0.3) is 0 Å². The number of anilines is 2. The number of halogens is 6. The number of nitrogen functional groups attached to an aromatic ring is 1. The van der Waals surface area contributed by atoms with Crippen molar-refractivity contribution >= 4 is 88.0 Å². The summed E-state index contributed by atoms with van der Waals surface area (Å²) in [7, 11) is 7.36. The van der Waals surface area contributed by atoms with Crippen LogP contribution in [0.5, 0.6) is 0 Å². The number of aliphatic carboxylic acids is 1. The second kappa shape index (κ2) is 32.7. The number of aryl methyl sites for hydroxylation is 1. The second-order valence-electron chi connectivity index (χ2n) is 21.7. The van der Waals surface area contributed by atoms with Crippen LogP contribution in [0.1, 0.15) is 132 Å². The van der Waals surface area contributed by atoms with Crippen LogP contribution in [-0.4, -0.2) is 68.3 Å². The number of nitrogens with two attached hydrogens (primary N) is 1. The first-order chi connectivity index (χ1) is 36.6. The molecule has 440 valence electrons. The van der Waals surface area contributed by atoms with Gasteiger partial charge >= 0.3 is 12.1 Å². The Morgan fingerprint density at radius 1 is 0.512 bits per heavy atom. The van der Waals surface area contributed by atoms with Crippen LogP contribution in [-0.2, 0) is 60.4 Å². The van der Waals surface area contributed by atoms with Crippen LogP contribution in [0.2, 0.25) is 0 Å². The highest BCUT2D eigenvalue weighted by atomic mass is 36.0. The highest BCUT2D eigenvalue weighted by Gasteiger charge is 2.47. The first-order valence-electron chi connectivity index (χ1n) is 25.7. The maximum Gasteiger partial charge on any atom is 0.416 e. The number of nitrogens with one attached hydrogen (secondary N) is 1. The zero-order valence-electron chi connectivity index (χ0n) is 48.9. The summed E-state index contributed by atoms with van der Waals surface area (Å²) in [5.41, 5.74) is 3.06. The van der Waals surface area contributed by atoms with Gasteiger partial charge < -0.3 is 21.1 Å². The number of amides is 1. The molecule has 0 heterocycles. The summed E-state index contributed by atoms with van der Waals surface area (Å²) in [6, 6.07) is 39.7. The number of benzene rings is 5. The van der Waals surface area contributed by atoms with Crippen molar-refractivity contribution in [1.82, 2.24) is 4.90 Å². The average Bonchev–Trinajstić information content (AvgIpc) is 3.40. The summed E-state index contributed by atoms with van der Waals surface area (Å²) in [6.45, 7) is 31.9. The quantitative estimate of drug-likeness (QED) is 0.0489. The lowest BCUT2D eigenvalue weighted by molar-refractivity contribution is -0.154. The van der Waals surface area contributed by atoms with Crippen molar-refractivity contribution in [1.29, 1.82) is 0 Å². The molecule has 0 aliphatic rings. The van der Waals surface area contributed by atoms with E-state index in [2.05, 4.69) is 52.4 Å². The molecule has 80 heavy (non-hydrogen) atoms. The summed E-state index contributed by atoms with van der Waals surface area (Å²) < 4.78 is 47.0. The van der Waals surface area contributed by atoms with Gasteiger partial charge in [0, 0.05) is 49.0 Å². The average molecular weight is 1190 g/mol. The predicted octanol–water partition coefficient (Wildman–Crippen LogP) is 15.2. The summed E-state index contributed by atoms with van der Waals surface area (Å²) in [6.07, 6.45) is -4.45. The fraction of sp³-hybridized carbons (Fsp3) is 0.419. The van der Waals surface area contributed by atoms with E-state index in [9.17, 15) is 41.9 Å². The van der Waals surface area contributed by atoms with Gasteiger partial charge in [-0.15, -0.1) is 0 Å². The van der Waals surface area contributed by atoms with E-state index in [1.807, 2.05) is 136 Å². The molecule has 0 spiro atoms. The monoisotopic (exact) mass is 1190 g/mol. The van der Waals surface area contributed by atoms with Crippen molar-refractivity contribution in [2.75, 3.05) is 30.7 Å². The van der Waals surface area contributed by atoms with E-state index in [1.165, 1.54) is 65.0 Å². The van der Waals surface area contributed by atoms with Gasteiger partial charge in [0.15, 0.2) is 17.3 Å². The molecule has 18 heteroatoms. The number of alkyl halides is 3. The van der Waals surface area contributed by atoms with Gasteiger partial charge in [0.2, 0.25) is 20.4 Å². The first kappa shape index (κ1) is 74.3. The molecule has 1 amide bonds. The van der Waals surface area contributed by atoms with Crippen molar-refractivity contribution in [3.63, 3.8) is 0 Å². The Balaban J connectivity index is 0.00000103. The van der Waals surface area contributed by atoms with E-state index in [-0.39, 0.29) is 23.0 Å². The van der Waals surface area contributed by atoms with Crippen molar-refractivity contribution in [2.24, 2.45) is 16.2 Å². The highest BCUT2D eigenvalue weighted by Crippen LogP contribution is 2.37. The van der Waals surface area contributed by atoms with Crippen LogP contribution in [0.25, 0.3) is 0 Å². The van der Waals surface area contributed by atoms with Gasteiger partial charge in [-0.3, -0.25) is 28.8 Å². The lowest BCUT2D eigenvalue weighted by Gasteiger charge is -2.32. The zero-order valence-corrected chi connectivity index (χ0v) is 52.0. The van der Waals surface area contributed by atoms with E-state index < -0.39 is 70.6 Å². The number of carboxylic acid groups (broad SMARTS) is 1. The van der Waals surface area contributed by atoms with E-state index in [0.29, 0.717) is 0 Å². The number of ketones is 3. The van der Waals surface area contributed by atoms with Gasteiger partial charge in [-0.05, 0) is 174 Å². The van der Waals surface area contributed by atoms with Crippen LogP contribution >= 0.6 is 33.0 Å². The third-order valence-electron chi connectivity index (χ3n) is 13.4. The van der Waals surface area contributed by atoms with Gasteiger partial charge in [-0.25, -0.2) is 4.21 Å². The molecule has 0 bridgehead atoms. The molecule has 0 radical (unpaired) electrons. The lowest BCUT2D eigenvalue weighted by Crippen LogP contribution is -2.46. The smallest absolute Gasteiger partial charge is 0.416 e. The number of rotatable bonds is 16. The standard InChI is InChI=1S/C21H22F3NO2.C14H17ClO2.C14H18O3.C7H9N.C6H15N.Cl2OS/c1-19(2,14-8-6-5-7-9-14)17(26)20(3,4)18(27)25-16-12-10-15(11-13-16)21(22,23)24;1-13(2,10-8-6-5-7-9-10)11(16)14(3,4)12(15)17;1-13(2,10-8-6-5-7-9-10)11(15)14(3,4)12(16)17;1-6-2-4-7(8)5-3-6;1-4-7(5-2)6-3;1-4(2)3/h5-13H,1-4H3,(H,25,27);5-9H,1-4H3;5-9H,1-4H3,(H,16,17);2-5H,8H2,1H3;4-6H2,1-3H3;. The van der Waals surface area contributed by atoms with Crippen LogP contribution < -0.4 is 11.1 Å². The third kappa shape index (κ3) is 23.0. The fourth-order valence-electron chi connectivity index (χ4n) is 7.86. The Hall–Kier alpha value is -5.71. The van der Waals surface area contributed by atoms with Gasteiger partial charge in [0.1, 0.15) is 10.8 Å². The van der Waals surface area contributed by atoms with Gasteiger partial charge in [0.05, 0.1) is 11.0 Å². The maximum atomic E-state index is 13.1. The Labute approximate surface area is 489 Å². The van der Waals surface area contributed by atoms with E-state index >= 15 is 0 Å². The van der Waals surface area contributed by atoms with E-state index in [4.69, 9.17) is 26.7 Å². The molecular weight excluding hydrogens is 1110 g/mol. The van der Waals surface area contributed by atoms with Crippen LogP contribution in [0.4, 0.5) is 24.5 Å². The van der Waals surface area contributed by atoms with Crippen LogP contribution in [0, 0.1) is 23.2 Å². The Bertz CT molecular complexity index is 2650. The summed E-state index contributed by atoms with van der Waals surface area (Å²) in [5, 5.41) is 11.0. The fourth-order valence-corrected chi connectivity index (χ4v) is 7.94. The number of nitrogens with zero attached hydrogens (tertiary/aromatic N) is 1. The first-order valence-corrected chi connectivity index (χ1v) is 28.8. The number of carbonyl (C=O) groups excluding carboxylic acids is 5. The lowest BCUT2D eigenvalue weighted by atomic mass is 9.69. The molecular formula is C62H81Cl3F3N3O8S. The Kier molecular flexibility index (Phi) is 30.3. The highest BCUT2D eigenvalue weighted by molar-refractivity contribution is 8.26. The summed E-state index contributed by atoms with van der Waals surface area (Å²) in [5.74, 6) is -2.41. The zero-order chi connectivity index (χ0) is 62.3. The van der Waals surface area contributed by atoms with Gasteiger partial charge in [-0.2, -0.15) is 13.2 Å². The summed E-state index contributed by atoms with van der Waals surface area (Å²) in [4.78, 5) is 75.4. The normalized spacial score (nSPS) is 11.7. The molecule has 0 aliphatic heterocycles. The molecule has 0 saturated carbocycles. The molecule has 5 aromatic carbocycles. The minimum Gasteiger partial charge on any atom is -0.481 e. The van der Waals surface area contributed by atoms with E-state index in [0.717, 1.165) is 34.5 Å². The summed E-state index contributed by atoms with van der Waals surface area (Å²) >= 11 is 5.50. The minimum absolute atomic E-state index is 0.170. The maximum absolute atomic E-state index is 13.1. The molecule has 0 fully saturated rings. The number of Topliss-reactive ketones (excluding diaryl/α,β-unsaturated/α-hetero) is 3. The van der Waals surface area contributed by atoms with Crippen molar-refractivity contribution in [2.45, 2.75) is 133 Å². The molecule has 5 rings (SSSR count). The number of carboxylic acids is 1. The van der Waals surface area contributed by atoms with Crippen molar-refractivity contribution < 1.29 is 51.3 Å². The third-order valence-corrected chi connectivity index (χ3v) is 13.8. The Morgan fingerprint density at radius 3 is 1.06 bits per heavy atom. The Morgan fingerprint density at radius 2 is 0.812 bits per heavy atom. The van der Waals surface area contributed by atoms with Crippen LogP contribution in [0.3, 0.4) is 0 Å². The molecule has 0 atom stereocenters. The molecule has 0 aliphatic carbocycles. The van der Waals surface area contributed by atoms with Gasteiger partial charge in [-0.1, -0.05) is 129 Å². The number of hydrogen-bond donors (Lipinski definition) is 3. The molecule has 0 unspecified atom stereocenters. The van der Waals surface area contributed by atoms with Crippen LogP contribution in [0.15, 0.2) is 140 Å². The van der Waals surface area contributed by atoms with Crippen molar-refractivity contribution in [3.8, 4) is 0 Å². The predicted molar refractivity (Wildman–Crippen MR) is 322 cm³/mol. The molecule has 4 N–H and O–H groups in total. The number of hydrogen-bond acceptors (Lipinski definition) is 9. The molecule has 0 aromatic heterocycles. The molecule has 11 nitrogen and oxygen atoms in total. The largest absolute Gasteiger partial charge is 0.481 e. The minimum atomic E-state index is -4.45. The topological polar surface area (TPSA) is 181 Å². The molecule has 0 saturated heterocycles. The second-order valence-corrected chi connectivity index (χ2v) is 24.5. The van der Waals surface area contributed by atoms with E-state index in [1.54, 1.807) is 41.5 Å². The molecule has 5 aromatic rings. The van der Waals surface area contributed by atoms with Crippen molar-refractivity contribution in [3.05, 3.63) is 167 Å². The number of carbonyl (C=O) groups is 6. The SMILES string of the molecule is CC(C)(C(=O)Cl)C(=O)C(C)(C)c1ccccc1.CC(C)(C(=O)Nc1ccc(C(F)(F)F)cc1)C(=O)C(C)(C)c1ccccc1.CC(C)(C(=O)O)C(=O)C(C)(C)c1ccccc1.CCN(CC)CC.Cc1ccc(N)cc1.O=S(Cl)Cl.